The van der Waals surface area contributed by atoms with E-state index in [1.54, 1.807) is 17.7 Å². The van der Waals surface area contributed by atoms with Gasteiger partial charge in [0.2, 0.25) is 0 Å². The minimum absolute atomic E-state index is 0.165. The first-order valence-corrected chi connectivity index (χ1v) is 7.35. The highest BCUT2D eigenvalue weighted by molar-refractivity contribution is 7.15. The maximum Gasteiger partial charge on any atom is 0.275 e. The highest BCUT2D eigenvalue weighted by atomic mass is 32.1. The van der Waals surface area contributed by atoms with E-state index in [0.717, 1.165) is 36.0 Å². The van der Waals surface area contributed by atoms with Crippen LogP contribution in [0.1, 0.15) is 11.9 Å². The van der Waals surface area contributed by atoms with Crippen molar-refractivity contribution in [3.8, 4) is 11.6 Å². The van der Waals surface area contributed by atoms with Gasteiger partial charge in [-0.05, 0) is 7.05 Å². The van der Waals surface area contributed by atoms with Crippen LogP contribution in [0.25, 0.3) is 16.4 Å². The second kappa shape index (κ2) is 4.65. The molecule has 8 heteroatoms. The summed E-state index contributed by atoms with van der Waals surface area (Å²) >= 11 is 1.61. The van der Waals surface area contributed by atoms with Crippen LogP contribution in [-0.2, 0) is 0 Å². The monoisotopic (exact) mass is 290 g/mol. The molecule has 1 atom stereocenters. The summed E-state index contributed by atoms with van der Waals surface area (Å²) in [4.78, 5) is 12.0. The Bertz CT molecular complexity index is 731. The van der Waals surface area contributed by atoms with E-state index >= 15 is 0 Å². The van der Waals surface area contributed by atoms with Crippen LogP contribution < -0.4 is 5.32 Å². The Balaban J connectivity index is 1.69. The van der Waals surface area contributed by atoms with Gasteiger partial charge < -0.3 is 9.84 Å². The fourth-order valence-corrected chi connectivity index (χ4v) is 3.27. The summed E-state index contributed by atoms with van der Waals surface area (Å²) in [6, 6.07) is 0.165. The van der Waals surface area contributed by atoms with Gasteiger partial charge in [0.15, 0.2) is 5.82 Å². The molecular formula is C12H14N6OS. The number of aromatic nitrogens is 4. The Labute approximate surface area is 119 Å². The second-order valence-corrected chi connectivity index (χ2v) is 5.77. The molecule has 0 saturated carbocycles. The molecule has 3 aromatic heterocycles. The van der Waals surface area contributed by atoms with Crippen LogP contribution in [0.4, 0.5) is 0 Å². The fourth-order valence-electron chi connectivity index (χ4n) is 2.45. The molecule has 0 radical (unpaired) electrons. The normalized spacial score (nSPS) is 20.8. The number of rotatable bonds is 2. The van der Waals surface area contributed by atoms with Gasteiger partial charge in [-0.15, -0.1) is 11.3 Å². The molecule has 1 aliphatic rings. The minimum Gasteiger partial charge on any atom is -0.332 e. The molecule has 1 saturated heterocycles. The number of hydrogen-bond acceptors (Lipinski definition) is 7. The quantitative estimate of drug-likeness (QED) is 0.760. The van der Waals surface area contributed by atoms with Crippen molar-refractivity contribution in [3.63, 3.8) is 0 Å². The highest BCUT2D eigenvalue weighted by Crippen LogP contribution is 2.26. The Morgan fingerprint density at radius 1 is 1.50 bits per heavy atom. The molecule has 4 rings (SSSR count). The number of thiazole rings is 1. The number of imidazole rings is 1. The standard InChI is InChI=1S/C12H14N6OS/c1-17-3-2-13-4-8(17)11-15-12(19-16-11)9-6-20-10-5-14-7-18(9)10/h5-8,13H,2-4H2,1H3. The molecule has 1 fully saturated rings. The highest BCUT2D eigenvalue weighted by Gasteiger charge is 2.26. The van der Waals surface area contributed by atoms with E-state index in [-0.39, 0.29) is 6.04 Å². The summed E-state index contributed by atoms with van der Waals surface area (Å²) < 4.78 is 7.39. The Morgan fingerprint density at radius 3 is 3.35 bits per heavy atom. The smallest absolute Gasteiger partial charge is 0.275 e. The Kier molecular flexibility index (Phi) is 2.79. The summed E-state index contributed by atoms with van der Waals surface area (Å²) in [5, 5.41) is 9.51. The van der Waals surface area contributed by atoms with Gasteiger partial charge in [-0.3, -0.25) is 9.30 Å². The molecule has 1 aliphatic heterocycles. The molecule has 0 aromatic carbocycles. The van der Waals surface area contributed by atoms with Crippen molar-refractivity contribution >= 4 is 16.2 Å². The van der Waals surface area contributed by atoms with E-state index in [2.05, 4.69) is 32.4 Å². The van der Waals surface area contributed by atoms with Crippen molar-refractivity contribution in [1.82, 2.24) is 29.7 Å². The lowest BCUT2D eigenvalue weighted by Crippen LogP contribution is -2.44. The van der Waals surface area contributed by atoms with Gasteiger partial charge >= 0.3 is 0 Å². The Morgan fingerprint density at radius 2 is 2.45 bits per heavy atom. The lowest BCUT2D eigenvalue weighted by atomic mass is 10.2. The predicted molar refractivity (Wildman–Crippen MR) is 74.6 cm³/mol. The third-order valence-corrected chi connectivity index (χ3v) is 4.51. The second-order valence-electron chi connectivity index (χ2n) is 4.88. The predicted octanol–water partition coefficient (Wildman–Crippen LogP) is 1.02. The summed E-state index contributed by atoms with van der Waals surface area (Å²) in [6.45, 7) is 2.83. The molecular weight excluding hydrogens is 276 g/mol. The molecule has 104 valence electrons. The van der Waals surface area contributed by atoms with E-state index in [9.17, 15) is 0 Å². The lowest BCUT2D eigenvalue weighted by molar-refractivity contribution is 0.190. The van der Waals surface area contributed by atoms with Crippen LogP contribution in [-0.4, -0.2) is 51.1 Å². The van der Waals surface area contributed by atoms with Crippen LogP contribution in [0.3, 0.4) is 0 Å². The summed E-state index contributed by atoms with van der Waals surface area (Å²) in [5.74, 6) is 1.28. The van der Waals surface area contributed by atoms with E-state index in [4.69, 9.17) is 4.52 Å². The molecule has 7 nitrogen and oxygen atoms in total. The van der Waals surface area contributed by atoms with Crippen LogP contribution in [0.15, 0.2) is 22.4 Å². The summed E-state index contributed by atoms with van der Waals surface area (Å²) in [5.41, 5.74) is 0.896. The molecule has 1 N–H and O–H groups in total. The van der Waals surface area contributed by atoms with Crippen molar-refractivity contribution in [3.05, 3.63) is 23.7 Å². The number of nitrogens with one attached hydrogen (secondary N) is 1. The molecule has 1 unspecified atom stereocenters. The average molecular weight is 290 g/mol. The van der Waals surface area contributed by atoms with Crippen LogP contribution >= 0.6 is 11.3 Å². The molecule has 0 bridgehead atoms. The molecule has 0 spiro atoms. The molecule has 0 amide bonds. The third kappa shape index (κ3) is 1.84. The van der Waals surface area contributed by atoms with E-state index < -0.39 is 0 Å². The van der Waals surface area contributed by atoms with E-state index in [0.29, 0.717) is 5.89 Å². The maximum atomic E-state index is 5.43. The minimum atomic E-state index is 0.165. The number of likely N-dealkylation sites (N-methyl/N-ethyl adjacent to an activating group) is 1. The fraction of sp³-hybridized carbons (Fsp3) is 0.417. The summed E-state index contributed by atoms with van der Waals surface area (Å²) in [6.07, 6.45) is 3.59. The number of fused-ring (bicyclic) bond motifs is 1. The third-order valence-electron chi connectivity index (χ3n) is 3.63. The van der Waals surface area contributed by atoms with Crippen molar-refractivity contribution < 1.29 is 4.52 Å². The van der Waals surface area contributed by atoms with Gasteiger partial charge in [0.1, 0.15) is 16.9 Å². The number of nitrogens with zero attached hydrogens (tertiary/aromatic N) is 5. The molecule has 20 heavy (non-hydrogen) atoms. The first-order chi connectivity index (χ1) is 9.83. The zero-order valence-electron chi connectivity index (χ0n) is 11.0. The Hall–Kier alpha value is -1.77. The topological polar surface area (TPSA) is 71.5 Å². The van der Waals surface area contributed by atoms with Gasteiger partial charge in [-0.2, -0.15) is 4.98 Å². The van der Waals surface area contributed by atoms with Crippen molar-refractivity contribution in [2.45, 2.75) is 6.04 Å². The van der Waals surface area contributed by atoms with Crippen LogP contribution in [0.2, 0.25) is 0 Å². The zero-order chi connectivity index (χ0) is 13.5. The van der Waals surface area contributed by atoms with Crippen molar-refractivity contribution in [2.75, 3.05) is 26.7 Å². The molecule has 3 aromatic rings. The maximum absolute atomic E-state index is 5.43. The van der Waals surface area contributed by atoms with Gasteiger partial charge in [0, 0.05) is 25.0 Å². The number of piperazine rings is 1. The zero-order valence-corrected chi connectivity index (χ0v) is 11.8. The largest absolute Gasteiger partial charge is 0.332 e. The van der Waals surface area contributed by atoms with Gasteiger partial charge in [0.05, 0.1) is 12.2 Å². The molecule has 0 aliphatic carbocycles. The van der Waals surface area contributed by atoms with Gasteiger partial charge in [-0.1, -0.05) is 5.16 Å². The lowest BCUT2D eigenvalue weighted by Gasteiger charge is -2.30. The first-order valence-electron chi connectivity index (χ1n) is 6.47. The number of hydrogen-bond donors (Lipinski definition) is 1. The summed E-state index contributed by atoms with van der Waals surface area (Å²) in [7, 11) is 2.08. The SMILES string of the molecule is CN1CCNCC1c1noc(-c2csc3cncn23)n1. The molecule has 4 heterocycles. The van der Waals surface area contributed by atoms with Gasteiger partial charge in [0.25, 0.3) is 5.89 Å². The van der Waals surface area contributed by atoms with Crippen molar-refractivity contribution in [2.24, 2.45) is 0 Å². The first kappa shape index (κ1) is 12.0. The van der Waals surface area contributed by atoms with Crippen molar-refractivity contribution in [1.29, 1.82) is 0 Å². The van der Waals surface area contributed by atoms with E-state index in [1.165, 1.54) is 0 Å². The van der Waals surface area contributed by atoms with E-state index in [1.807, 2.05) is 16.0 Å². The average Bonchev–Trinajstić information content (AvgIpc) is 3.14. The van der Waals surface area contributed by atoms with Gasteiger partial charge in [-0.25, -0.2) is 4.98 Å². The van der Waals surface area contributed by atoms with Crippen LogP contribution in [0, 0.1) is 0 Å². The van der Waals surface area contributed by atoms with Crippen LogP contribution in [0.5, 0.6) is 0 Å².